The van der Waals surface area contributed by atoms with Crippen LogP contribution in [-0.2, 0) is 25.6 Å². The number of para-hydroxylation sites is 1. The molecule has 1 aromatic heterocycles. The summed E-state index contributed by atoms with van der Waals surface area (Å²) in [5.41, 5.74) is 7.22. The molecule has 8 N–H and O–H groups in total. The summed E-state index contributed by atoms with van der Waals surface area (Å²) in [5, 5.41) is 32.4. The summed E-state index contributed by atoms with van der Waals surface area (Å²) >= 11 is 0. The van der Waals surface area contributed by atoms with Crippen LogP contribution in [0, 0.1) is 0 Å². The van der Waals surface area contributed by atoms with Crippen molar-refractivity contribution in [1.29, 1.82) is 0 Å². The maximum absolute atomic E-state index is 12.7. The number of hydrogen-bond acceptors (Lipinski definition) is 6. The van der Waals surface area contributed by atoms with Gasteiger partial charge in [-0.1, -0.05) is 18.2 Å². The number of carbonyl (C=O) groups excluding carboxylic acids is 2. The smallest absolute Gasteiger partial charge is 0.328 e. The van der Waals surface area contributed by atoms with E-state index in [2.05, 4.69) is 15.6 Å². The number of hydrogen-bond donors (Lipinski definition) is 7. The van der Waals surface area contributed by atoms with Gasteiger partial charge in [0.05, 0.1) is 12.6 Å². The highest BCUT2D eigenvalue weighted by atomic mass is 16.4. The van der Waals surface area contributed by atoms with E-state index in [-0.39, 0.29) is 19.3 Å². The lowest BCUT2D eigenvalue weighted by atomic mass is 10.0. The van der Waals surface area contributed by atoms with Crippen molar-refractivity contribution in [2.24, 2.45) is 5.73 Å². The van der Waals surface area contributed by atoms with Crippen LogP contribution in [0.5, 0.6) is 0 Å². The molecule has 0 spiro atoms. The molecule has 0 bridgehead atoms. The zero-order valence-electron chi connectivity index (χ0n) is 16.0. The number of aliphatic hydroxyl groups is 1. The van der Waals surface area contributed by atoms with E-state index in [0.717, 1.165) is 10.9 Å². The highest BCUT2D eigenvalue weighted by molar-refractivity contribution is 5.93. The van der Waals surface area contributed by atoms with Gasteiger partial charge in [0.2, 0.25) is 11.8 Å². The van der Waals surface area contributed by atoms with E-state index in [4.69, 9.17) is 21.1 Å². The molecule has 0 saturated carbocycles. The maximum atomic E-state index is 12.7. The van der Waals surface area contributed by atoms with Crippen molar-refractivity contribution in [2.45, 2.75) is 37.4 Å². The normalized spacial score (nSPS) is 13.9. The van der Waals surface area contributed by atoms with Gasteiger partial charge in [-0.3, -0.25) is 14.4 Å². The Hall–Kier alpha value is -3.44. The summed E-state index contributed by atoms with van der Waals surface area (Å²) < 4.78 is 0. The van der Waals surface area contributed by atoms with E-state index in [0.29, 0.717) is 5.56 Å². The first-order valence-electron chi connectivity index (χ1n) is 9.19. The molecule has 0 aliphatic heterocycles. The second-order valence-electron chi connectivity index (χ2n) is 6.75. The Morgan fingerprint density at radius 2 is 1.70 bits per heavy atom. The van der Waals surface area contributed by atoms with E-state index in [9.17, 15) is 19.2 Å². The van der Waals surface area contributed by atoms with E-state index in [1.54, 1.807) is 12.3 Å². The Bertz CT molecular complexity index is 926. The Balaban J connectivity index is 2.20. The lowest BCUT2D eigenvalue weighted by Crippen LogP contribution is -2.55. The Labute approximate surface area is 171 Å². The van der Waals surface area contributed by atoms with Crippen LogP contribution in [-0.4, -0.2) is 68.8 Å². The van der Waals surface area contributed by atoms with Crippen LogP contribution >= 0.6 is 0 Å². The maximum Gasteiger partial charge on any atom is 0.328 e. The molecule has 2 aromatic rings. The molecule has 11 heteroatoms. The first-order valence-corrected chi connectivity index (χ1v) is 9.19. The average molecular weight is 420 g/mol. The highest BCUT2D eigenvalue weighted by Crippen LogP contribution is 2.19. The van der Waals surface area contributed by atoms with Gasteiger partial charge in [-0.2, -0.15) is 0 Å². The fourth-order valence-corrected chi connectivity index (χ4v) is 2.88. The van der Waals surface area contributed by atoms with Crippen molar-refractivity contribution >= 4 is 34.7 Å². The Kier molecular flexibility index (Phi) is 7.90. The molecule has 30 heavy (non-hydrogen) atoms. The predicted molar refractivity (Wildman–Crippen MR) is 105 cm³/mol. The van der Waals surface area contributed by atoms with Crippen LogP contribution in [0.3, 0.4) is 0 Å². The monoisotopic (exact) mass is 420 g/mol. The lowest BCUT2D eigenvalue weighted by molar-refractivity contribution is -0.143. The van der Waals surface area contributed by atoms with Crippen LogP contribution in [0.1, 0.15) is 18.4 Å². The number of carboxylic acid groups (broad SMARTS) is 2. The van der Waals surface area contributed by atoms with Gasteiger partial charge in [0, 0.05) is 29.9 Å². The summed E-state index contributed by atoms with van der Waals surface area (Å²) in [6.07, 6.45) is 1.24. The first kappa shape index (κ1) is 22.8. The van der Waals surface area contributed by atoms with E-state index in [1.807, 2.05) is 18.2 Å². The van der Waals surface area contributed by atoms with Gasteiger partial charge in [0.15, 0.2) is 0 Å². The Morgan fingerprint density at radius 3 is 2.33 bits per heavy atom. The molecule has 3 atom stereocenters. The van der Waals surface area contributed by atoms with Gasteiger partial charge in [-0.25, -0.2) is 4.79 Å². The number of carboxylic acids is 2. The number of aromatic amines is 1. The summed E-state index contributed by atoms with van der Waals surface area (Å²) in [6, 6.07) is 3.40. The topological polar surface area (TPSA) is 195 Å². The number of H-pyrrole nitrogens is 1. The molecule has 3 unspecified atom stereocenters. The van der Waals surface area contributed by atoms with E-state index in [1.165, 1.54) is 0 Å². The quantitative estimate of drug-likeness (QED) is 0.239. The van der Waals surface area contributed by atoms with Gasteiger partial charge in [0.1, 0.15) is 12.1 Å². The standard InChI is InChI=1S/C19H24N4O7/c20-12(5-6-16(25)26)17(27)22-14(18(28)23-15(9-24)19(29)30)7-10-8-21-13-4-2-1-3-11(10)13/h1-4,8,12,14-15,21,24H,5-7,9,20H2,(H,22,27)(H,23,28)(H,25,26)(H,29,30). The molecule has 0 aliphatic carbocycles. The van der Waals surface area contributed by atoms with Crippen molar-refractivity contribution < 1.29 is 34.5 Å². The fourth-order valence-electron chi connectivity index (χ4n) is 2.88. The van der Waals surface area contributed by atoms with Gasteiger partial charge in [-0.15, -0.1) is 0 Å². The molecule has 0 saturated heterocycles. The largest absolute Gasteiger partial charge is 0.481 e. The third-order valence-electron chi connectivity index (χ3n) is 4.54. The summed E-state index contributed by atoms with van der Waals surface area (Å²) in [7, 11) is 0. The molecule has 11 nitrogen and oxygen atoms in total. The molecule has 2 amide bonds. The predicted octanol–water partition coefficient (Wildman–Crippen LogP) is -1.05. The molecule has 0 aliphatic rings. The number of nitrogens with two attached hydrogens (primary N) is 1. The molecular formula is C19H24N4O7. The minimum atomic E-state index is -1.54. The van der Waals surface area contributed by atoms with Gasteiger partial charge >= 0.3 is 11.9 Å². The lowest BCUT2D eigenvalue weighted by Gasteiger charge is -2.22. The molecule has 0 radical (unpaired) electrons. The molecule has 162 valence electrons. The number of amides is 2. The number of fused-ring (bicyclic) bond motifs is 1. The van der Waals surface area contributed by atoms with Crippen molar-refractivity contribution in [1.82, 2.24) is 15.6 Å². The fraction of sp³-hybridized carbons (Fsp3) is 0.368. The number of aromatic nitrogens is 1. The van der Waals surface area contributed by atoms with Crippen LogP contribution < -0.4 is 16.4 Å². The second-order valence-corrected chi connectivity index (χ2v) is 6.75. The molecule has 1 heterocycles. The number of carbonyl (C=O) groups is 4. The second kappa shape index (κ2) is 10.4. The third kappa shape index (κ3) is 6.03. The van der Waals surface area contributed by atoms with Crippen LogP contribution in [0.4, 0.5) is 0 Å². The van der Waals surface area contributed by atoms with Gasteiger partial charge < -0.3 is 36.7 Å². The van der Waals surface area contributed by atoms with Crippen molar-refractivity contribution in [3.8, 4) is 0 Å². The van der Waals surface area contributed by atoms with Crippen LogP contribution in [0.15, 0.2) is 30.5 Å². The van der Waals surface area contributed by atoms with Gasteiger partial charge in [0.25, 0.3) is 0 Å². The number of aliphatic hydroxyl groups excluding tert-OH is 1. The minimum Gasteiger partial charge on any atom is -0.481 e. The van der Waals surface area contributed by atoms with E-state index < -0.39 is 48.5 Å². The first-order chi connectivity index (χ1) is 14.2. The van der Waals surface area contributed by atoms with E-state index >= 15 is 0 Å². The van der Waals surface area contributed by atoms with Crippen LogP contribution in [0.25, 0.3) is 10.9 Å². The zero-order chi connectivity index (χ0) is 22.3. The molecular weight excluding hydrogens is 396 g/mol. The highest BCUT2D eigenvalue weighted by Gasteiger charge is 2.28. The summed E-state index contributed by atoms with van der Waals surface area (Å²) in [5.74, 6) is -4.10. The average Bonchev–Trinajstić information content (AvgIpc) is 3.12. The zero-order valence-corrected chi connectivity index (χ0v) is 16.0. The van der Waals surface area contributed by atoms with Crippen LogP contribution in [0.2, 0.25) is 0 Å². The van der Waals surface area contributed by atoms with Crippen molar-refractivity contribution in [3.63, 3.8) is 0 Å². The molecule has 2 rings (SSSR count). The minimum absolute atomic E-state index is 0.0189. The number of aliphatic carboxylic acids is 2. The number of benzene rings is 1. The third-order valence-corrected chi connectivity index (χ3v) is 4.54. The molecule has 0 fully saturated rings. The molecule has 1 aromatic carbocycles. The van der Waals surface area contributed by atoms with Crippen molar-refractivity contribution in [2.75, 3.05) is 6.61 Å². The Morgan fingerprint density at radius 1 is 1.03 bits per heavy atom. The summed E-state index contributed by atoms with van der Waals surface area (Å²) in [6.45, 7) is -0.826. The van der Waals surface area contributed by atoms with Gasteiger partial charge in [-0.05, 0) is 18.1 Å². The summed E-state index contributed by atoms with van der Waals surface area (Å²) in [4.78, 5) is 49.9. The number of rotatable bonds is 11. The number of nitrogens with one attached hydrogen (secondary N) is 3. The van der Waals surface area contributed by atoms with Crippen molar-refractivity contribution in [3.05, 3.63) is 36.0 Å². The SMILES string of the molecule is NC(CCC(=O)O)C(=O)NC(Cc1c[nH]c2ccccc12)C(=O)NC(CO)C(=O)O.